The van der Waals surface area contributed by atoms with E-state index in [4.69, 9.17) is 25.2 Å². The van der Waals surface area contributed by atoms with Gasteiger partial charge in [-0.1, -0.05) is 17.8 Å². The number of aliphatic carboxylic acids is 1. The Balaban J connectivity index is 1.72. The van der Waals surface area contributed by atoms with E-state index >= 15 is 0 Å². The fourth-order valence-electron chi connectivity index (χ4n) is 3.17. The predicted molar refractivity (Wildman–Crippen MR) is 135 cm³/mol. The zero-order valence-corrected chi connectivity index (χ0v) is 22.2. The number of carbonyl (C=O) groups excluding carboxylic acids is 4. The molecule has 1 aromatic heterocycles. The number of thioether (sulfide) groups is 1. The molecule has 0 radical (unpaired) electrons. The Labute approximate surface area is 224 Å². The number of carbonyl (C=O) groups is 5. The van der Waals surface area contributed by atoms with Crippen molar-refractivity contribution in [3.05, 3.63) is 35.0 Å². The second-order valence-corrected chi connectivity index (χ2v) is 10.8. The van der Waals surface area contributed by atoms with Crippen LogP contribution in [0.5, 0.6) is 0 Å². The fraction of sp³-hybridized carbons (Fsp3) is 0.409. The largest absolute Gasteiger partial charge is 0.479 e. The van der Waals surface area contributed by atoms with E-state index < -0.39 is 60.0 Å². The molecule has 14 nitrogen and oxygen atoms in total. The highest BCUT2D eigenvalue weighted by atomic mass is 32.2. The third-order valence-electron chi connectivity index (χ3n) is 5.04. The van der Waals surface area contributed by atoms with Gasteiger partial charge in [-0.05, 0) is 26.3 Å². The van der Waals surface area contributed by atoms with Gasteiger partial charge in [-0.2, -0.15) is 0 Å². The molecule has 0 aromatic carbocycles. The van der Waals surface area contributed by atoms with Crippen molar-refractivity contribution in [2.45, 2.75) is 32.2 Å². The lowest BCUT2D eigenvalue weighted by Gasteiger charge is -2.49. The van der Waals surface area contributed by atoms with E-state index in [2.05, 4.69) is 22.0 Å². The molecule has 0 spiro atoms. The van der Waals surface area contributed by atoms with Gasteiger partial charge in [0.05, 0.1) is 5.41 Å². The second-order valence-electron chi connectivity index (χ2n) is 8.85. The Kier molecular flexibility index (Phi) is 8.78. The van der Waals surface area contributed by atoms with Gasteiger partial charge < -0.3 is 30.5 Å². The van der Waals surface area contributed by atoms with Gasteiger partial charge in [-0.15, -0.1) is 23.1 Å². The van der Waals surface area contributed by atoms with Gasteiger partial charge in [-0.25, -0.2) is 14.6 Å². The highest BCUT2D eigenvalue weighted by Gasteiger charge is 2.54. The lowest BCUT2D eigenvalue weighted by atomic mass is 9.98. The summed E-state index contributed by atoms with van der Waals surface area (Å²) in [6.07, 6.45) is 1.41. The minimum atomic E-state index is -1.31. The highest BCUT2D eigenvalue weighted by Crippen LogP contribution is 2.41. The standard InChI is InChI=1S/C22H25N5O9S2/c1-5-10-7-37-18-14(17(31)27(18)15(10)19(32)34-9-35-20(33)22(2,3)4)25-16(30)13(26-36-6-12(28)29)11-8-38-21(23)24-11/h5,8,14,18H,1,6-7,9H2,2-4H3,(H2,23,24)(H,25,30)(H,28,29)/t14?,18-/m0/s1. The summed E-state index contributed by atoms with van der Waals surface area (Å²) in [5, 5.41) is 15.7. The van der Waals surface area contributed by atoms with Crippen molar-refractivity contribution in [1.29, 1.82) is 0 Å². The molecule has 204 valence electrons. The summed E-state index contributed by atoms with van der Waals surface area (Å²) in [7, 11) is 0. The number of nitrogen functional groups attached to an aromatic ring is 1. The van der Waals surface area contributed by atoms with Gasteiger partial charge in [0.25, 0.3) is 11.8 Å². The van der Waals surface area contributed by atoms with Crippen molar-refractivity contribution in [1.82, 2.24) is 15.2 Å². The molecule has 16 heteroatoms. The first-order valence-corrected chi connectivity index (χ1v) is 12.9. The fourth-order valence-corrected chi connectivity index (χ4v) is 5.06. The van der Waals surface area contributed by atoms with Gasteiger partial charge >= 0.3 is 17.9 Å². The molecule has 1 aromatic rings. The van der Waals surface area contributed by atoms with Crippen LogP contribution in [0.3, 0.4) is 0 Å². The Morgan fingerprint density at radius 3 is 2.63 bits per heavy atom. The summed E-state index contributed by atoms with van der Waals surface area (Å²) in [5.41, 5.74) is 4.83. The normalized spacial score (nSPS) is 19.2. The number of hydrogen-bond donors (Lipinski definition) is 3. The van der Waals surface area contributed by atoms with Gasteiger partial charge in [-0.3, -0.25) is 19.3 Å². The van der Waals surface area contributed by atoms with Crippen molar-refractivity contribution in [2.24, 2.45) is 10.6 Å². The zero-order chi connectivity index (χ0) is 28.2. The number of nitrogens with one attached hydrogen (secondary N) is 1. The first kappa shape index (κ1) is 28.6. The molecular formula is C22H25N5O9S2. The van der Waals surface area contributed by atoms with E-state index in [0.717, 1.165) is 11.3 Å². The van der Waals surface area contributed by atoms with Gasteiger partial charge in [0.1, 0.15) is 22.8 Å². The SMILES string of the molecule is C=CC1=C(C(=O)OCOC(=O)C(C)(C)C)N2C(=O)C(NC(=O)C(=NOCC(=O)O)c3csc(N)n3)[C@@H]2SC1. The molecule has 1 saturated heterocycles. The van der Waals surface area contributed by atoms with Crippen molar-refractivity contribution in [3.8, 4) is 0 Å². The maximum absolute atomic E-state index is 13.0. The third kappa shape index (κ3) is 6.31. The number of thiazole rings is 1. The van der Waals surface area contributed by atoms with E-state index in [1.165, 1.54) is 28.1 Å². The summed E-state index contributed by atoms with van der Waals surface area (Å²) in [6.45, 7) is 7.15. The number of rotatable bonds is 10. The molecule has 3 heterocycles. The van der Waals surface area contributed by atoms with Crippen molar-refractivity contribution in [3.63, 3.8) is 0 Å². The zero-order valence-electron chi connectivity index (χ0n) is 20.6. The number of aromatic nitrogens is 1. The number of nitrogens with zero attached hydrogens (tertiary/aromatic N) is 3. The molecule has 38 heavy (non-hydrogen) atoms. The molecule has 0 saturated carbocycles. The number of anilines is 1. The molecular weight excluding hydrogens is 542 g/mol. The third-order valence-corrected chi connectivity index (χ3v) is 7.02. The van der Waals surface area contributed by atoms with E-state index in [9.17, 15) is 24.0 Å². The van der Waals surface area contributed by atoms with Gasteiger partial charge in [0.2, 0.25) is 13.4 Å². The quantitative estimate of drug-likeness (QED) is 0.116. The lowest BCUT2D eigenvalue weighted by Crippen LogP contribution is -2.71. The number of allylic oxidation sites excluding steroid dienone is 1. The van der Waals surface area contributed by atoms with Crippen LogP contribution in [0.4, 0.5) is 5.13 Å². The Morgan fingerprint density at radius 2 is 2.05 bits per heavy atom. The molecule has 1 unspecified atom stereocenters. The number of β-lactam (4-membered cyclic amide) rings is 1. The molecule has 2 atom stereocenters. The molecule has 2 aliphatic heterocycles. The van der Waals surface area contributed by atoms with Crippen molar-refractivity contribution in [2.75, 3.05) is 24.9 Å². The minimum absolute atomic E-state index is 0.0261. The molecule has 0 bridgehead atoms. The summed E-state index contributed by atoms with van der Waals surface area (Å²) in [5.74, 6) is -3.98. The summed E-state index contributed by atoms with van der Waals surface area (Å²) in [4.78, 5) is 71.3. The average Bonchev–Trinajstić information content (AvgIpc) is 3.28. The summed E-state index contributed by atoms with van der Waals surface area (Å²) >= 11 is 2.29. The van der Waals surface area contributed by atoms with E-state index in [1.807, 2.05) is 0 Å². The number of hydrogen-bond acceptors (Lipinski definition) is 13. The molecule has 0 aliphatic carbocycles. The van der Waals surface area contributed by atoms with Crippen molar-refractivity contribution < 1.29 is 43.4 Å². The van der Waals surface area contributed by atoms with Crippen LogP contribution in [-0.4, -0.2) is 81.0 Å². The Hall–Kier alpha value is -3.92. The van der Waals surface area contributed by atoms with Gasteiger partial charge in [0, 0.05) is 11.1 Å². The summed E-state index contributed by atoms with van der Waals surface area (Å²) < 4.78 is 10.0. The number of carboxylic acids is 1. The van der Waals surface area contributed by atoms with Crippen LogP contribution < -0.4 is 11.1 Å². The minimum Gasteiger partial charge on any atom is -0.479 e. The van der Waals surface area contributed by atoms with Crippen LogP contribution in [0.1, 0.15) is 26.5 Å². The molecule has 3 rings (SSSR count). The van der Waals surface area contributed by atoms with Crippen LogP contribution in [0.25, 0.3) is 0 Å². The molecule has 2 amide bonds. The Bertz CT molecular complexity index is 1230. The van der Waals surface area contributed by atoms with Crippen LogP contribution >= 0.6 is 23.1 Å². The monoisotopic (exact) mass is 567 g/mol. The van der Waals surface area contributed by atoms with Crippen LogP contribution in [0.2, 0.25) is 0 Å². The smallest absolute Gasteiger partial charge is 0.358 e. The number of fused-ring (bicyclic) bond motifs is 1. The molecule has 1 fully saturated rings. The first-order chi connectivity index (χ1) is 17.8. The first-order valence-electron chi connectivity index (χ1n) is 10.9. The number of esters is 2. The number of ether oxygens (including phenoxy) is 2. The van der Waals surface area contributed by atoms with Gasteiger partial charge in [0.15, 0.2) is 10.8 Å². The highest BCUT2D eigenvalue weighted by molar-refractivity contribution is 8.00. The van der Waals surface area contributed by atoms with Crippen LogP contribution in [0, 0.1) is 5.41 Å². The second kappa shape index (κ2) is 11.6. The van der Waals surface area contributed by atoms with E-state index in [0.29, 0.717) is 5.57 Å². The number of nitrogens with two attached hydrogens (primary N) is 1. The number of oxime groups is 1. The van der Waals surface area contributed by atoms with Crippen molar-refractivity contribution >= 4 is 63.7 Å². The molecule has 4 N–H and O–H groups in total. The van der Waals surface area contributed by atoms with E-state index in [1.54, 1.807) is 20.8 Å². The van der Waals surface area contributed by atoms with Crippen LogP contribution in [0.15, 0.2) is 34.5 Å². The molecule has 2 aliphatic rings. The maximum atomic E-state index is 13.0. The maximum Gasteiger partial charge on any atom is 0.358 e. The summed E-state index contributed by atoms with van der Waals surface area (Å²) in [6, 6.07) is -1.05. The topological polar surface area (TPSA) is 200 Å². The average molecular weight is 568 g/mol. The number of amides is 2. The predicted octanol–water partition coefficient (Wildman–Crippen LogP) is 0.461. The van der Waals surface area contributed by atoms with E-state index in [-0.39, 0.29) is 28.0 Å². The Morgan fingerprint density at radius 1 is 1.34 bits per heavy atom. The van der Waals surface area contributed by atoms with Crippen LogP contribution in [-0.2, 0) is 38.3 Å². The number of carboxylic acid groups (broad SMARTS) is 1. The lowest BCUT2D eigenvalue weighted by molar-refractivity contribution is -0.173.